The van der Waals surface area contributed by atoms with Crippen LogP contribution in [0.15, 0.2) is 42.5 Å². The molecule has 2 aromatic carbocycles. The molecule has 0 saturated heterocycles. The average Bonchev–Trinajstić information content (AvgIpc) is 2.47. The number of anilines is 1. The summed E-state index contributed by atoms with van der Waals surface area (Å²) in [7, 11) is 0. The highest BCUT2D eigenvalue weighted by Crippen LogP contribution is 2.29. The third-order valence-corrected chi connectivity index (χ3v) is 3.78. The zero-order valence-electron chi connectivity index (χ0n) is 11.6. The first-order chi connectivity index (χ1) is 10.1. The van der Waals surface area contributed by atoms with Crippen molar-refractivity contribution in [3.8, 4) is 0 Å². The predicted molar refractivity (Wildman–Crippen MR) is 88.0 cm³/mol. The van der Waals surface area contributed by atoms with Crippen LogP contribution < -0.4 is 10.6 Å². The molecule has 3 nitrogen and oxygen atoms in total. The normalized spacial score (nSPS) is 10.2. The number of amides is 1. The SMILES string of the molecule is Cc1cccc(CNC(=O)CNc2cccc(Cl)c2Cl)c1. The largest absolute Gasteiger partial charge is 0.375 e. The molecule has 0 aliphatic heterocycles. The van der Waals surface area contributed by atoms with E-state index in [2.05, 4.69) is 10.6 Å². The summed E-state index contributed by atoms with van der Waals surface area (Å²) in [6.07, 6.45) is 0. The van der Waals surface area contributed by atoms with Crippen LogP contribution in [0.5, 0.6) is 0 Å². The Morgan fingerprint density at radius 2 is 1.90 bits per heavy atom. The summed E-state index contributed by atoms with van der Waals surface area (Å²) in [6, 6.07) is 13.3. The van der Waals surface area contributed by atoms with Gasteiger partial charge >= 0.3 is 0 Å². The van der Waals surface area contributed by atoms with Gasteiger partial charge < -0.3 is 10.6 Å². The molecule has 2 rings (SSSR count). The molecule has 0 saturated carbocycles. The van der Waals surface area contributed by atoms with Crippen molar-refractivity contribution < 1.29 is 4.79 Å². The van der Waals surface area contributed by atoms with Gasteiger partial charge in [-0.1, -0.05) is 59.1 Å². The van der Waals surface area contributed by atoms with E-state index in [-0.39, 0.29) is 12.5 Å². The van der Waals surface area contributed by atoms with Crippen molar-refractivity contribution in [2.45, 2.75) is 13.5 Å². The molecule has 0 atom stereocenters. The highest BCUT2D eigenvalue weighted by molar-refractivity contribution is 6.43. The lowest BCUT2D eigenvalue weighted by atomic mass is 10.1. The van der Waals surface area contributed by atoms with Gasteiger partial charge in [0.05, 0.1) is 22.3 Å². The Kier molecular flexibility index (Phi) is 5.48. The monoisotopic (exact) mass is 322 g/mol. The molecule has 0 bridgehead atoms. The van der Waals surface area contributed by atoms with E-state index in [0.29, 0.717) is 22.3 Å². The Morgan fingerprint density at radius 1 is 1.14 bits per heavy atom. The van der Waals surface area contributed by atoms with Crippen molar-refractivity contribution in [2.24, 2.45) is 0 Å². The summed E-state index contributed by atoms with van der Waals surface area (Å²) in [5.74, 6) is -0.104. The van der Waals surface area contributed by atoms with E-state index in [4.69, 9.17) is 23.2 Å². The van der Waals surface area contributed by atoms with Crippen LogP contribution in [0.3, 0.4) is 0 Å². The van der Waals surface area contributed by atoms with Crippen LogP contribution in [0.25, 0.3) is 0 Å². The number of carbonyl (C=O) groups excluding carboxylic acids is 1. The fourth-order valence-electron chi connectivity index (χ4n) is 1.90. The Hall–Kier alpha value is -1.71. The van der Waals surface area contributed by atoms with Gasteiger partial charge in [-0.05, 0) is 24.6 Å². The van der Waals surface area contributed by atoms with Crippen LogP contribution in [0.1, 0.15) is 11.1 Å². The van der Waals surface area contributed by atoms with Gasteiger partial charge in [0.15, 0.2) is 0 Å². The molecule has 0 aromatic heterocycles. The molecule has 0 heterocycles. The Balaban J connectivity index is 1.84. The molecule has 21 heavy (non-hydrogen) atoms. The van der Waals surface area contributed by atoms with E-state index >= 15 is 0 Å². The fraction of sp³-hybridized carbons (Fsp3) is 0.188. The Bertz CT molecular complexity index is 644. The van der Waals surface area contributed by atoms with E-state index in [1.807, 2.05) is 31.2 Å². The lowest BCUT2D eigenvalue weighted by molar-refractivity contribution is -0.119. The number of halogens is 2. The molecular formula is C16H16Cl2N2O. The minimum Gasteiger partial charge on any atom is -0.375 e. The number of hydrogen-bond donors (Lipinski definition) is 2. The number of hydrogen-bond acceptors (Lipinski definition) is 2. The second-order valence-corrected chi connectivity index (χ2v) is 5.51. The summed E-state index contributed by atoms with van der Waals surface area (Å²) in [6.45, 7) is 2.67. The zero-order valence-corrected chi connectivity index (χ0v) is 13.1. The summed E-state index contributed by atoms with van der Waals surface area (Å²) < 4.78 is 0. The van der Waals surface area contributed by atoms with Crippen molar-refractivity contribution in [3.63, 3.8) is 0 Å². The first-order valence-corrected chi connectivity index (χ1v) is 7.32. The van der Waals surface area contributed by atoms with Gasteiger partial charge in [-0.2, -0.15) is 0 Å². The number of aryl methyl sites for hydroxylation is 1. The lowest BCUT2D eigenvalue weighted by Gasteiger charge is -2.10. The average molecular weight is 323 g/mol. The third kappa shape index (κ3) is 4.66. The summed E-state index contributed by atoms with van der Waals surface area (Å²) in [5, 5.41) is 6.71. The van der Waals surface area contributed by atoms with Crippen molar-refractivity contribution in [1.82, 2.24) is 5.32 Å². The Morgan fingerprint density at radius 3 is 2.67 bits per heavy atom. The second kappa shape index (κ2) is 7.34. The molecule has 1 amide bonds. The maximum atomic E-state index is 11.8. The highest BCUT2D eigenvalue weighted by Gasteiger charge is 2.06. The molecule has 0 radical (unpaired) electrons. The molecule has 2 aromatic rings. The van der Waals surface area contributed by atoms with Gasteiger partial charge in [-0.3, -0.25) is 4.79 Å². The maximum absolute atomic E-state index is 11.8. The molecule has 0 aliphatic rings. The van der Waals surface area contributed by atoms with Gasteiger partial charge in [0.25, 0.3) is 0 Å². The molecule has 0 spiro atoms. The Labute approximate surface area is 134 Å². The number of nitrogens with one attached hydrogen (secondary N) is 2. The second-order valence-electron chi connectivity index (χ2n) is 4.72. The molecule has 2 N–H and O–H groups in total. The van der Waals surface area contributed by atoms with Crippen molar-refractivity contribution in [2.75, 3.05) is 11.9 Å². The van der Waals surface area contributed by atoms with Gasteiger partial charge in [0.2, 0.25) is 5.91 Å². The zero-order chi connectivity index (χ0) is 15.2. The minimum atomic E-state index is -0.104. The lowest BCUT2D eigenvalue weighted by Crippen LogP contribution is -2.29. The number of rotatable bonds is 5. The van der Waals surface area contributed by atoms with Gasteiger partial charge in [0, 0.05) is 6.54 Å². The van der Waals surface area contributed by atoms with Crippen LogP contribution >= 0.6 is 23.2 Å². The highest BCUT2D eigenvalue weighted by atomic mass is 35.5. The van der Waals surface area contributed by atoms with E-state index in [1.54, 1.807) is 18.2 Å². The summed E-state index contributed by atoms with van der Waals surface area (Å²) in [4.78, 5) is 11.8. The summed E-state index contributed by atoms with van der Waals surface area (Å²) >= 11 is 12.0. The van der Waals surface area contributed by atoms with Gasteiger partial charge in [0.1, 0.15) is 0 Å². The molecule has 0 aliphatic carbocycles. The topological polar surface area (TPSA) is 41.1 Å². The van der Waals surface area contributed by atoms with Gasteiger partial charge in [-0.15, -0.1) is 0 Å². The predicted octanol–water partition coefficient (Wildman–Crippen LogP) is 4.03. The quantitative estimate of drug-likeness (QED) is 0.872. The van der Waals surface area contributed by atoms with E-state index in [1.165, 1.54) is 5.56 Å². The minimum absolute atomic E-state index is 0.104. The van der Waals surface area contributed by atoms with E-state index in [9.17, 15) is 4.79 Å². The third-order valence-electron chi connectivity index (χ3n) is 2.96. The van der Waals surface area contributed by atoms with Crippen LogP contribution in [0, 0.1) is 6.92 Å². The first-order valence-electron chi connectivity index (χ1n) is 6.56. The molecule has 0 fully saturated rings. The van der Waals surface area contributed by atoms with E-state index in [0.717, 1.165) is 5.56 Å². The van der Waals surface area contributed by atoms with Crippen LogP contribution in [-0.2, 0) is 11.3 Å². The van der Waals surface area contributed by atoms with Crippen molar-refractivity contribution >= 4 is 34.8 Å². The summed E-state index contributed by atoms with van der Waals surface area (Å²) in [5.41, 5.74) is 2.89. The van der Waals surface area contributed by atoms with Crippen LogP contribution in [0.4, 0.5) is 5.69 Å². The number of carbonyl (C=O) groups is 1. The van der Waals surface area contributed by atoms with Gasteiger partial charge in [-0.25, -0.2) is 0 Å². The molecular weight excluding hydrogens is 307 g/mol. The smallest absolute Gasteiger partial charge is 0.239 e. The molecule has 5 heteroatoms. The maximum Gasteiger partial charge on any atom is 0.239 e. The number of benzene rings is 2. The standard InChI is InChI=1S/C16H16Cl2N2O/c1-11-4-2-5-12(8-11)9-20-15(21)10-19-14-7-3-6-13(17)16(14)18/h2-8,19H,9-10H2,1H3,(H,20,21). The fourth-order valence-corrected chi connectivity index (χ4v) is 2.27. The van der Waals surface area contributed by atoms with Crippen molar-refractivity contribution in [1.29, 1.82) is 0 Å². The molecule has 110 valence electrons. The molecule has 0 unspecified atom stereocenters. The van der Waals surface area contributed by atoms with Crippen molar-refractivity contribution in [3.05, 3.63) is 63.6 Å². The van der Waals surface area contributed by atoms with E-state index < -0.39 is 0 Å². The first kappa shape index (κ1) is 15.7. The van der Waals surface area contributed by atoms with Crippen LogP contribution in [-0.4, -0.2) is 12.5 Å². The van der Waals surface area contributed by atoms with Crippen LogP contribution in [0.2, 0.25) is 10.0 Å².